The first kappa shape index (κ1) is 10.4. The highest BCUT2D eigenvalue weighted by atomic mass is 16.4. The van der Waals surface area contributed by atoms with E-state index in [2.05, 4.69) is 0 Å². The molecule has 0 N–H and O–H groups in total. The zero-order valence-electron chi connectivity index (χ0n) is 8.99. The van der Waals surface area contributed by atoms with Gasteiger partial charge in [-0.2, -0.15) is 5.26 Å². The number of benzene rings is 1. The van der Waals surface area contributed by atoms with Gasteiger partial charge < -0.3 is 4.42 Å². The summed E-state index contributed by atoms with van der Waals surface area (Å²) in [4.78, 5) is 11.6. The van der Waals surface area contributed by atoms with Gasteiger partial charge in [-0.05, 0) is 18.1 Å². The molecule has 3 nitrogen and oxygen atoms in total. The van der Waals surface area contributed by atoms with Crippen molar-refractivity contribution in [1.29, 1.82) is 5.26 Å². The van der Waals surface area contributed by atoms with Crippen LogP contribution < -0.4 is 5.63 Å². The number of fused-ring (bicyclic) bond motifs is 1. The molecule has 0 bridgehead atoms. The highest BCUT2D eigenvalue weighted by Crippen LogP contribution is 2.20. The number of para-hydroxylation sites is 1. The Morgan fingerprint density at radius 2 is 2.12 bits per heavy atom. The molecule has 1 heterocycles. The summed E-state index contributed by atoms with van der Waals surface area (Å²) in [6.45, 7) is 2.02. The lowest BCUT2D eigenvalue weighted by Crippen LogP contribution is -2.08. The summed E-state index contributed by atoms with van der Waals surface area (Å²) in [5, 5.41) is 9.84. The van der Waals surface area contributed by atoms with Gasteiger partial charge in [0.1, 0.15) is 17.2 Å². The van der Waals surface area contributed by atoms with Crippen LogP contribution in [0.4, 0.5) is 0 Å². The van der Waals surface area contributed by atoms with Gasteiger partial charge in [-0.15, -0.1) is 0 Å². The van der Waals surface area contributed by atoms with Crippen LogP contribution in [0.5, 0.6) is 0 Å². The van der Waals surface area contributed by atoms with Gasteiger partial charge in [-0.1, -0.05) is 31.5 Å². The molecule has 0 radical (unpaired) electrons. The average molecular weight is 213 g/mol. The normalized spacial score (nSPS) is 10.2. The molecule has 0 aliphatic rings. The fraction of sp³-hybridized carbons (Fsp3) is 0.231. The van der Waals surface area contributed by atoms with Crippen molar-refractivity contribution < 1.29 is 4.42 Å². The van der Waals surface area contributed by atoms with Gasteiger partial charge in [0.2, 0.25) is 0 Å². The molecule has 80 valence electrons. The minimum Gasteiger partial charge on any atom is -0.422 e. The van der Waals surface area contributed by atoms with Crippen LogP contribution >= 0.6 is 0 Å². The Balaban J connectivity index is 2.88. The average Bonchev–Trinajstić information content (AvgIpc) is 2.29. The summed E-state index contributed by atoms with van der Waals surface area (Å²) in [6.07, 6.45) is 1.61. The fourth-order valence-corrected chi connectivity index (χ4v) is 1.84. The SMILES string of the molecule is CCCc1c(C#N)c(=O)oc2ccccc12. The van der Waals surface area contributed by atoms with Gasteiger partial charge in [0.05, 0.1) is 0 Å². The van der Waals surface area contributed by atoms with Gasteiger partial charge in [0.25, 0.3) is 0 Å². The first-order valence-corrected chi connectivity index (χ1v) is 5.22. The predicted octanol–water partition coefficient (Wildman–Crippen LogP) is 2.62. The summed E-state index contributed by atoms with van der Waals surface area (Å²) in [5.41, 5.74) is 0.956. The quantitative estimate of drug-likeness (QED) is 0.720. The number of rotatable bonds is 2. The molecule has 0 atom stereocenters. The molecule has 0 amide bonds. The van der Waals surface area contributed by atoms with Gasteiger partial charge in [-0.25, -0.2) is 4.79 Å². The molecular formula is C13H11NO2. The standard InChI is InChI=1S/C13H11NO2/c1-2-5-9-10-6-3-4-7-12(10)16-13(15)11(9)8-14/h3-4,6-7H,2,5H2,1H3. The third-order valence-corrected chi connectivity index (χ3v) is 2.53. The molecule has 2 aromatic rings. The summed E-state index contributed by atoms with van der Waals surface area (Å²) in [7, 11) is 0. The molecule has 16 heavy (non-hydrogen) atoms. The Morgan fingerprint density at radius 1 is 1.38 bits per heavy atom. The van der Waals surface area contributed by atoms with E-state index >= 15 is 0 Å². The maximum absolute atomic E-state index is 11.6. The van der Waals surface area contributed by atoms with Crippen LogP contribution in [0.1, 0.15) is 24.5 Å². The number of hydrogen-bond acceptors (Lipinski definition) is 3. The minimum atomic E-state index is -0.537. The second-order valence-electron chi connectivity index (χ2n) is 3.60. The van der Waals surface area contributed by atoms with E-state index in [1.54, 1.807) is 6.07 Å². The molecule has 0 aliphatic heterocycles. The van der Waals surface area contributed by atoms with Crippen LogP contribution in [0.3, 0.4) is 0 Å². The monoisotopic (exact) mass is 213 g/mol. The number of nitriles is 1. The minimum absolute atomic E-state index is 0.139. The van der Waals surface area contributed by atoms with Crippen molar-refractivity contribution in [3.8, 4) is 6.07 Å². The maximum Gasteiger partial charge on any atom is 0.354 e. The van der Waals surface area contributed by atoms with Crippen LogP contribution in [0.15, 0.2) is 33.5 Å². The van der Waals surface area contributed by atoms with Crippen LogP contribution in [0.2, 0.25) is 0 Å². The molecule has 1 aromatic heterocycles. The molecule has 0 spiro atoms. The molecule has 0 aliphatic carbocycles. The van der Waals surface area contributed by atoms with E-state index in [1.807, 2.05) is 31.2 Å². The van der Waals surface area contributed by atoms with Gasteiger partial charge >= 0.3 is 5.63 Å². The van der Waals surface area contributed by atoms with E-state index in [0.717, 1.165) is 23.8 Å². The zero-order valence-corrected chi connectivity index (χ0v) is 8.99. The lowest BCUT2D eigenvalue weighted by Gasteiger charge is -2.05. The highest BCUT2D eigenvalue weighted by Gasteiger charge is 2.12. The van der Waals surface area contributed by atoms with Crippen molar-refractivity contribution in [2.45, 2.75) is 19.8 Å². The Hall–Kier alpha value is -2.08. The van der Waals surface area contributed by atoms with E-state index in [9.17, 15) is 4.79 Å². The lowest BCUT2D eigenvalue weighted by atomic mass is 10.0. The molecule has 0 fully saturated rings. The molecule has 0 saturated carbocycles. The number of aryl methyl sites for hydroxylation is 1. The number of hydrogen-bond donors (Lipinski definition) is 0. The summed E-state index contributed by atoms with van der Waals surface area (Å²) >= 11 is 0. The fourth-order valence-electron chi connectivity index (χ4n) is 1.84. The lowest BCUT2D eigenvalue weighted by molar-refractivity contribution is 0.556. The number of nitrogens with zero attached hydrogens (tertiary/aromatic N) is 1. The Morgan fingerprint density at radius 3 is 2.81 bits per heavy atom. The maximum atomic E-state index is 11.6. The second kappa shape index (κ2) is 4.19. The van der Waals surface area contributed by atoms with E-state index < -0.39 is 5.63 Å². The summed E-state index contributed by atoms with van der Waals surface area (Å²) < 4.78 is 5.09. The third-order valence-electron chi connectivity index (χ3n) is 2.53. The van der Waals surface area contributed by atoms with E-state index in [-0.39, 0.29) is 5.56 Å². The van der Waals surface area contributed by atoms with E-state index in [4.69, 9.17) is 9.68 Å². The Bertz CT molecular complexity index is 620. The first-order valence-electron chi connectivity index (χ1n) is 5.22. The van der Waals surface area contributed by atoms with Crippen molar-refractivity contribution >= 4 is 11.0 Å². The second-order valence-corrected chi connectivity index (χ2v) is 3.60. The zero-order chi connectivity index (χ0) is 11.5. The van der Waals surface area contributed by atoms with E-state index in [0.29, 0.717) is 5.58 Å². The first-order chi connectivity index (χ1) is 7.77. The van der Waals surface area contributed by atoms with Crippen molar-refractivity contribution in [3.05, 3.63) is 45.8 Å². The summed E-state index contributed by atoms with van der Waals surface area (Å²) in [5.74, 6) is 0. The molecular weight excluding hydrogens is 202 g/mol. The molecule has 2 rings (SSSR count). The predicted molar refractivity (Wildman–Crippen MR) is 61.2 cm³/mol. The van der Waals surface area contributed by atoms with Gasteiger partial charge in [-0.3, -0.25) is 0 Å². The largest absolute Gasteiger partial charge is 0.422 e. The molecule has 1 aromatic carbocycles. The third kappa shape index (κ3) is 1.59. The van der Waals surface area contributed by atoms with Gasteiger partial charge in [0, 0.05) is 5.39 Å². The topological polar surface area (TPSA) is 54.0 Å². The van der Waals surface area contributed by atoms with Gasteiger partial charge in [0.15, 0.2) is 0 Å². The highest BCUT2D eigenvalue weighted by molar-refractivity contribution is 5.82. The van der Waals surface area contributed by atoms with Crippen LogP contribution in [-0.2, 0) is 6.42 Å². The smallest absolute Gasteiger partial charge is 0.354 e. The Kier molecular flexibility index (Phi) is 2.74. The Labute approximate surface area is 92.9 Å². The van der Waals surface area contributed by atoms with Crippen LogP contribution in [-0.4, -0.2) is 0 Å². The van der Waals surface area contributed by atoms with Crippen molar-refractivity contribution in [2.24, 2.45) is 0 Å². The van der Waals surface area contributed by atoms with E-state index in [1.165, 1.54) is 0 Å². The van der Waals surface area contributed by atoms with Crippen molar-refractivity contribution in [2.75, 3.05) is 0 Å². The van der Waals surface area contributed by atoms with Crippen molar-refractivity contribution in [3.63, 3.8) is 0 Å². The molecule has 0 unspecified atom stereocenters. The summed E-state index contributed by atoms with van der Waals surface area (Å²) in [6, 6.07) is 9.25. The van der Waals surface area contributed by atoms with Crippen LogP contribution in [0.25, 0.3) is 11.0 Å². The molecule has 3 heteroatoms. The van der Waals surface area contributed by atoms with Crippen LogP contribution in [0, 0.1) is 11.3 Å². The van der Waals surface area contributed by atoms with Crippen molar-refractivity contribution in [1.82, 2.24) is 0 Å². The molecule has 0 saturated heterocycles.